The van der Waals surface area contributed by atoms with Crippen LogP contribution in [0.25, 0.3) is 0 Å². The molecule has 72 valence electrons. The van der Waals surface area contributed by atoms with Gasteiger partial charge in [0.1, 0.15) is 5.69 Å². The van der Waals surface area contributed by atoms with Crippen molar-refractivity contribution < 1.29 is 13.5 Å². The van der Waals surface area contributed by atoms with Crippen molar-refractivity contribution in [3.63, 3.8) is 0 Å². The second-order valence-corrected chi connectivity index (χ2v) is 3.79. The van der Waals surface area contributed by atoms with Crippen molar-refractivity contribution in [1.29, 1.82) is 0 Å². The van der Waals surface area contributed by atoms with E-state index < -0.39 is 6.43 Å². The summed E-state index contributed by atoms with van der Waals surface area (Å²) in [5.74, 6) is 0.324. The van der Waals surface area contributed by atoms with E-state index in [0.717, 1.165) is 0 Å². The van der Waals surface area contributed by atoms with Gasteiger partial charge in [0, 0.05) is 6.20 Å². The summed E-state index contributed by atoms with van der Waals surface area (Å²) in [5, 5.41) is 0. The number of hydrogen-bond donors (Lipinski definition) is 0. The van der Waals surface area contributed by atoms with E-state index in [1.165, 1.54) is 13.3 Å². The van der Waals surface area contributed by atoms with Gasteiger partial charge in [-0.25, -0.2) is 8.78 Å². The van der Waals surface area contributed by atoms with Crippen LogP contribution in [0.5, 0.6) is 5.75 Å². The number of ether oxygens (including phenoxy) is 1. The lowest BCUT2D eigenvalue weighted by Crippen LogP contribution is -1.96. The van der Waals surface area contributed by atoms with Gasteiger partial charge in [0.05, 0.1) is 16.1 Å². The second-order valence-electron chi connectivity index (χ2n) is 2.14. The molecule has 13 heavy (non-hydrogen) atoms. The second kappa shape index (κ2) is 4.32. The van der Waals surface area contributed by atoms with E-state index in [-0.39, 0.29) is 10.2 Å². The predicted octanol–water partition coefficient (Wildman–Crippen LogP) is 3.55. The zero-order valence-corrected chi connectivity index (χ0v) is 9.69. The van der Waals surface area contributed by atoms with E-state index >= 15 is 0 Å². The molecule has 0 atom stereocenters. The summed E-state index contributed by atoms with van der Waals surface area (Å²) < 4.78 is 30.2. The molecule has 0 saturated heterocycles. The van der Waals surface area contributed by atoms with Crippen LogP contribution < -0.4 is 4.74 Å². The first-order valence-electron chi connectivity index (χ1n) is 3.24. The minimum atomic E-state index is -2.61. The molecule has 6 heteroatoms. The predicted molar refractivity (Wildman–Crippen MR) is 51.1 cm³/mol. The van der Waals surface area contributed by atoms with Gasteiger partial charge in [-0.2, -0.15) is 0 Å². The first kappa shape index (κ1) is 10.8. The van der Waals surface area contributed by atoms with E-state index in [0.29, 0.717) is 10.2 Å². The van der Waals surface area contributed by atoms with E-state index in [2.05, 4.69) is 36.8 Å². The highest BCUT2D eigenvalue weighted by Gasteiger charge is 2.18. The third-order valence-corrected chi connectivity index (χ3v) is 2.70. The summed E-state index contributed by atoms with van der Waals surface area (Å²) in [6.07, 6.45) is -1.33. The van der Waals surface area contributed by atoms with Gasteiger partial charge in [-0.1, -0.05) is 0 Å². The number of hydrogen-bond acceptors (Lipinski definition) is 2. The summed E-state index contributed by atoms with van der Waals surface area (Å²) in [6.45, 7) is 0. The Labute approximate surface area is 90.6 Å². The minimum absolute atomic E-state index is 0.180. The molecule has 0 amide bonds. The molecule has 0 aromatic carbocycles. The van der Waals surface area contributed by atoms with E-state index in [1.54, 1.807) is 0 Å². The Morgan fingerprint density at radius 2 is 2.08 bits per heavy atom. The molecule has 1 aromatic rings. The van der Waals surface area contributed by atoms with Crippen LogP contribution in [0.2, 0.25) is 0 Å². The molecule has 0 fully saturated rings. The molecule has 0 radical (unpaired) electrons. The fourth-order valence-electron chi connectivity index (χ4n) is 0.802. The third kappa shape index (κ3) is 2.17. The zero-order valence-electron chi connectivity index (χ0n) is 6.52. The number of nitrogens with zero attached hydrogens (tertiary/aromatic N) is 1. The number of halogens is 4. The smallest absolute Gasteiger partial charge is 0.281 e. The summed E-state index contributed by atoms with van der Waals surface area (Å²) >= 11 is 6.12. The van der Waals surface area contributed by atoms with Crippen LogP contribution >= 0.6 is 31.9 Å². The fraction of sp³-hybridized carbons (Fsp3) is 0.286. The van der Waals surface area contributed by atoms with Crippen LogP contribution in [0.3, 0.4) is 0 Å². The van der Waals surface area contributed by atoms with Gasteiger partial charge >= 0.3 is 0 Å². The SMILES string of the molecule is COc1c(Br)cnc(C(F)F)c1Br. The molecule has 0 saturated carbocycles. The number of rotatable bonds is 2. The summed E-state index contributed by atoms with van der Waals surface area (Å²) in [7, 11) is 1.40. The van der Waals surface area contributed by atoms with Gasteiger partial charge in [0.15, 0.2) is 5.75 Å². The van der Waals surface area contributed by atoms with Crippen LogP contribution in [0.15, 0.2) is 15.1 Å². The van der Waals surface area contributed by atoms with Crippen molar-refractivity contribution in [2.75, 3.05) is 7.11 Å². The number of methoxy groups -OCH3 is 1. The van der Waals surface area contributed by atoms with E-state index in [4.69, 9.17) is 4.74 Å². The highest BCUT2D eigenvalue weighted by Crippen LogP contribution is 2.37. The van der Waals surface area contributed by atoms with Crippen molar-refractivity contribution in [3.05, 3.63) is 20.8 Å². The largest absolute Gasteiger partial charge is 0.494 e. The quantitative estimate of drug-likeness (QED) is 0.832. The van der Waals surface area contributed by atoms with Gasteiger partial charge in [-0.3, -0.25) is 4.98 Å². The molecule has 0 N–H and O–H groups in total. The highest BCUT2D eigenvalue weighted by molar-refractivity contribution is 9.11. The van der Waals surface area contributed by atoms with Crippen molar-refractivity contribution in [1.82, 2.24) is 4.98 Å². The number of aromatic nitrogens is 1. The Hall–Kier alpha value is -0.230. The lowest BCUT2D eigenvalue weighted by atomic mass is 10.3. The van der Waals surface area contributed by atoms with Crippen LogP contribution in [0.4, 0.5) is 8.78 Å². The van der Waals surface area contributed by atoms with Crippen molar-refractivity contribution in [2.45, 2.75) is 6.43 Å². The maximum atomic E-state index is 12.3. The minimum Gasteiger partial charge on any atom is -0.494 e. The Bertz CT molecular complexity index is 320. The Morgan fingerprint density at radius 3 is 2.54 bits per heavy atom. The maximum absolute atomic E-state index is 12.3. The summed E-state index contributed by atoms with van der Waals surface area (Å²) in [6, 6.07) is 0. The molecule has 0 aliphatic rings. The molecule has 0 aliphatic carbocycles. The lowest BCUT2D eigenvalue weighted by Gasteiger charge is -2.08. The average Bonchev–Trinajstić information content (AvgIpc) is 2.04. The average molecular weight is 317 g/mol. The topological polar surface area (TPSA) is 22.1 Å². The monoisotopic (exact) mass is 315 g/mol. The van der Waals surface area contributed by atoms with Gasteiger partial charge in [0.2, 0.25) is 0 Å². The number of pyridine rings is 1. The van der Waals surface area contributed by atoms with Crippen LogP contribution in [-0.2, 0) is 0 Å². The fourth-order valence-corrected chi connectivity index (χ4v) is 2.18. The van der Waals surface area contributed by atoms with Crippen LogP contribution in [0.1, 0.15) is 12.1 Å². The molecular formula is C7H5Br2F2NO. The molecule has 2 nitrogen and oxygen atoms in total. The van der Waals surface area contributed by atoms with Gasteiger partial charge in [0.25, 0.3) is 6.43 Å². The summed E-state index contributed by atoms with van der Waals surface area (Å²) in [4.78, 5) is 3.56. The number of alkyl halides is 2. The standard InChI is InChI=1S/C7H5Br2F2NO/c1-13-6-3(8)2-12-5(4(6)9)7(10)11/h2,7H,1H3. The van der Waals surface area contributed by atoms with Crippen LogP contribution in [-0.4, -0.2) is 12.1 Å². The highest BCUT2D eigenvalue weighted by atomic mass is 79.9. The molecule has 1 heterocycles. The molecule has 0 aliphatic heterocycles. The molecular weight excluding hydrogens is 312 g/mol. The first-order chi connectivity index (χ1) is 6.07. The van der Waals surface area contributed by atoms with E-state index in [9.17, 15) is 8.78 Å². The van der Waals surface area contributed by atoms with Gasteiger partial charge in [-0.05, 0) is 31.9 Å². The molecule has 0 unspecified atom stereocenters. The molecule has 1 aromatic heterocycles. The van der Waals surface area contributed by atoms with Gasteiger partial charge < -0.3 is 4.74 Å². The first-order valence-corrected chi connectivity index (χ1v) is 4.82. The zero-order chi connectivity index (χ0) is 10.0. The normalized spacial score (nSPS) is 10.6. The molecule has 0 spiro atoms. The Balaban J connectivity index is 3.27. The van der Waals surface area contributed by atoms with E-state index in [1.807, 2.05) is 0 Å². The van der Waals surface area contributed by atoms with Crippen LogP contribution in [0, 0.1) is 0 Å². The third-order valence-electron chi connectivity index (χ3n) is 1.37. The van der Waals surface area contributed by atoms with Crippen molar-refractivity contribution >= 4 is 31.9 Å². The van der Waals surface area contributed by atoms with Crippen molar-refractivity contribution in [2.24, 2.45) is 0 Å². The lowest BCUT2D eigenvalue weighted by molar-refractivity contribution is 0.144. The maximum Gasteiger partial charge on any atom is 0.281 e. The molecule has 0 bridgehead atoms. The van der Waals surface area contributed by atoms with Crippen molar-refractivity contribution in [3.8, 4) is 5.75 Å². The summed E-state index contributed by atoms with van der Waals surface area (Å²) in [5.41, 5.74) is -0.319. The van der Waals surface area contributed by atoms with Gasteiger partial charge in [-0.15, -0.1) is 0 Å². The molecule has 1 rings (SSSR count). The Kier molecular flexibility index (Phi) is 3.61. The Morgan fingerprint density at radius 1 is 1.46 bits per heavy atom.